The fourth-order valence-electron chi connectivity index (χ4n) is 0.567. The van der Waals surface area contributed by atoms with E-state index in [1.54, 1.807) is 6.92 Å². The molecule has 1 rings (SSSR count). The fraction of sp³-hybridized carbons (Fsp3) is 0.333. The van der Waals surface area contributed by atoms with Gasteiger partial charge in [-0.25, -0.2) is 4.79 Å². The highest BCUT2D eigenvalue weighted by Crippen LogP contribution is 2.09. The quantitative estimate of drug-likeness (QED) is 0.635. The maximum Gasteiger partial charge on any atom is 0.360 e. The van der Waals surface area contributed by atoms with Gasteiger partial charge in [0.05, 0.1) is 12.7 Å². The zero-order chi connectivity index (χ0) is 8.27. The van der Waals surface area contributed by atoms with Gasteiger partial charge in [0, 0.05) is 0 Å². The molecule has 1 heterocycles. The van der Waals surface area contributed by atoms with Crippen LogP contribution in [-0.4, -0.2) is 22.8 Å². The lowest BCUT2D eigenvalue weighted by Gasteiger charge is -1.93. The Kier molecular flexibility index (Phi) is 2.10. The van der Waals surface area contributed by atoms with E-state index in [2.05, 4.69) is 14.4 Å². The van der Waals surface area contributed by atoms with Gasteiger partial charge in [-0.3, -0.25) is 0 Å². The molecule has 1 aromatic heterocycles. The molecule has 0 saturated heterocycles. The van der Waals surface area contributed by atoms with Gasteiger partial charge in [-0.1, -0.05) is 5.16 Å². The van der Waals surface area contributed by atoms with Crippen molar-refractivity contribution in [3.63, 3.8) is 0 Å². The van der Waals surface area contributed by atoms with Crippen LogP contribution in [0.15, 0.2) is 10.6 Å². The first-order valence-electron chi connectivity index (χ1n) is 3.07. The van der Waals surface area contributed by atoms with Crippen LogP contribution in [0, 0.1) is 0 Å². The van der Waals surface area contributed by atoms with Crippen LogP contribution in [0.5, 0.6) is 5.95 Å². The number of hydrogen-bond donors (Lipinski definition) is 1. The Balaban J connectivity index is 2.69. The highest BCUT2D eigenvalue weighted by atomic mass is 16.6. The molecule has 1 aromatic rings. The third-order valence-electron chi connectivity index (χ3n) is 0.982. The predicted molar refractivity (Wildman–Crippen MR) is 34.1 cm³/mol. The van der Waals surface area contributed by atoms with Crippen molar-refractivity contribution < 1.29 is 19.2 Å². The molecular weight excluding hydrogens is 150 g/mol. The number of aromatic nitrogens is 1. The summed E-state index contributed by atoms with van der Waals surface area (Å²) >= 11 is 0. The number of carbonyl (C=O) groups is 1. The van der Waals surface area contributed by atoms with Crippen molar-refractivity contribution >= 4 is 5.97 Å². The lowest BCUT2D eigenvalue weighted by Crippen LogP contribution is -2.04. The van der Waals surface area contributed by atoms with E-state index in [4.69, 9.17) is 5.11 Å². The molecule has 0 saturated carbocycles. The number of esters is 1. The number of nitrogens with zero attached hydrogens (tertiary/aromatic N) is 1. The first-order valence-corrected chi connectivity index (χ1v) is 3.07. The Bertz CT molecular complexity index is 255. The fourth-order valence-corrected chi connectivity index (χ4v) is 0.567. The lowest BCUT2D eigenvalue weighted by molar-refractivity contribution is 0.0514. The van der Waals surface area contributed by atoms with Gasteiger partial charge >= 0.3 is 11.9 Å². The van der Waals surface area contributed by atoms with Crippen LogP contribution in [0.4, 0.5) is 0 Å². The number of carbonyl (C=O) groups excluding carboxylic acids is 1. The highest BCUT2D eigenvalue weighted by Gasteiger charge is 2.11. The monoisotopic (exact) mass is 157 g/mol. The first-order chi connectivity index (χ1) is 5.24. The minimum absolute atomic E-state index is 0.0237. The summed E-state index contributed by atoms with van der Waals surface area (Å²) in [6.45, 7) is 1.95. The molecule has 5 heteroatoms. The molecule has 0 bridgehead atoms. The van der Waals surface area contributed by atoms with E-state index in [9.17, 15) is 4.79 Å². The molecule has 1 N–H and O–H groups in total. The smallest absolute Gasteiger partial charge is 0.360 e. The topological polar surface area (TPSA) is 72.6 Å². The van der Waals surface area contributed by atoms with Gasteiger partial charge in [-0.2, -0.15) is 0 Å². The molecule has 5 nitrogen and oxygen atoms in total. The average molecular weight is 157 g/mol. The summed E-state index contributed by atoms with van der Waals surface area (Å²) < 4.78 is 8.81. The standard InChI is InChI=1S/C6H7NO4/c1-2-10-6(9)4-3-5(8)11-7-4/h3,8H,2H2,1H3. The van der Waals surface area contributed by atoms with E-state index in [1.165, 1.54) is 0 Å². The Labute approximate surface area is 62.6 Å². The van der Waals surface area contributed by atoms with E-state index in [-0.39, 0.29) is 12.3 Å². The van der Waals surface area contributed by atoms with Crippen LogP contribution < -0.4 is 0 Å². The predicted octanol–water partition coefficient (Wildman–Crippen LogP) is 0.557. The maximum absolute atomic E-state index is 10.8. The third-order valence-corrected chi connectivity index (χ3v) is 0.982. The van der Waals surface area contributed by atoms with Crippen molar-refractivity contribution in [3.8, 4) is 5.95 Å². The molecule has 0 spiro atoms. The van der Waals surface area contributed by atoms with Crippen LogP contribution in [0.2, 0.25) is 0 Å². The van der Waals surface area contributed by atoms with Crippen LogP contribution in [-0.2, 0) is 4.74 Å². The second kappa shape index (κ2) is 3.05. The van der Waals surface area contributed by atoms with Crippen molar-refractivity contribution in [2.75, 3.05) is 6.61 Å². The largest absolute Gasteiger partial charge is 0.479 e. The van der Waals surface area contributed by atoms with Gasteiger partial charge in [0.25, 0.3) is 0 Å². The summed E-state index contributed by atoms with van der Waals surface area (Å²) in [4.78, 5) is 10.8. The SMILES string of the molecule is CCOC(=O)c1cc(O)on1. The molecule has 0 aromatic carbocycles. The molecule has 0 aliphatic rings. The van der Waals surface area contributed by atoms with Crippen molar-refractivity contribution in [3.05, 3.63) is 11.8 Å². The summed E-state index contributed by atoms with van der Waals surface area (Å²) in [7, 11) is 0. The van der Waals surface area contributed by atoms with Crippen molar-refractivity contribution in [2.24, 2.45) is 0 Å². The van der Waals surface area contributed by atoms with Gasteiger partial charge in [-0.05, 0) is 6.92 Å². The second-order valence-electron chi connectivity index (χ2n) is 1.77. The third kappa shape index (κ3) is 1.70. The van der Waals surface area contributed by atoms with Crippen LogP contribution >= 0.6 is 0 Å². The summed E-state index contributed by atoms with van der Waals surface area (Å²) in [5.41, 5.74) is -0.0237. The minimum atomic E-state index is -0.600. The van der Waals surface area contributed by atoms with E-state index in [0.29, 0.717) is 0 Å². The molecule has 0 amide bonds. The maximum atomic E-state index is 10.8. The molecule has 0 aliphatic carbocycles. The Morgan fingerprint density at radius 3 is 3.09 bits per heavy atom. The van der Waals surface area contributed by atoms with E-state index in [0.717, 1.165) is 6.07 Å². The number of ether oxygens (including phenoxy) is 1. The average Bonchev–Trinajstić information content (AvgIpc) is 2.36. The molecule has 11 heavy (non-hydrogen) atoms. The number of aromatic hydroxyl groups is 1. The molecule has 60 valence electrons. The Hall–Kier alpha value is -1.52. The first kappa shape index (κ1) is 7.59. The molecule has 0 unspecified atom stereocenters. The molecule has 0 atom stereocenters. The normalized spacial score (nSPS) is 9.55. The van der Waals surface area contributed by atoms with Crippen molar-refractivity contribution in [1.82, 2.24) is 5.16 Å². The second-order valence-corrected chi connectivity index (χ2v) is 1.77. The summed E-state index contributed by atoms with van der Waals surface area (Å²) in [5.74, 6) is -0.996. The van der Waals surface area contributed by atoms with Gasteiger partial charge in [0.2, 0.25) is 0 Å². The van der Waals surface area contributed by atoms with E-state index in [1.807, 2.05) is 0 Å². The van der Waals surface area contributed by atoms with Crippen molar-refractivity contribution in [2.45, 2.75) is 6.92 Å². The van der Waals surface area contributed by atoms with Gasteiger partial charge in [0.1, 0.15) is 0 Å². The number of hydrogen-bond acceptors (Lipinski definition) is 5. The highest BCUT2D eigenvalue weighted by molar-refractivity contribution is 5.87. The van der Waals surface area contributed by atoms with Gasteiger partial charge in [-0.15, -0.1) is 0 Å². The summed E-state index contributed by atoms with van der Waals surface area (Å²) in [6.07, 6.45) is 0. The molecule has 0 aliphatic heterocycles. The van der Waals surface area contributed by atoms with E-state index >= 15 is 0 Å². The van der Waals surface area contributed by atoms with Crippen LogP contribution in [0.25, 0.3) is 0 Å². The van der Waals surface area contributed by atoms with Gasteiger partial charge < -0.3 is 14.4 Å². The molecule has 0 fully saturated rings. The lowest BCUT2D eigenvalue weighted by atomic mass is 10.4. The van der Waals surface area contributed by atoms with Crippen LogP contribution in [0.3, 0.4) is 0 Å². The molecular formula is C6H7NO4. The van der Waals surface area contributed by atoms with Crippen LogP contribution in [0.1, 0.15) is 17.4 Å². The zero-order valence-electron chi connectivity index (χ0n) is 5.90. The molecule has 0 radical (unpaired) electrons. The van der Waals surface area contributed by atoms with Crippen molar-refractivity contribution in [1.29, 1.82) is 0 Å². The number of rotatable bonds is 2. The zero-order valence-corrected chi connectivity index (χ0v) is 5.90. The van der Waals surface area contributed by atoms with E-state index < -0.39 is 11.9 Å². The minimum Gasteiger partial charge on any atom is -0.479 e. The Morgan fingerprint density at radius 2 is 2.64 bits per heavy atom. The Morgan fingerprint density at radius 1 is 1.91 bits per heavy atom. The van der Waals surface area contributed by atoms with Gasteiger partial charge in [0.15, 0.2) is 5.69 Å². The summed E-state index contributed by atoms with van der Waals surface area (Å²) in [5, 5.41) is 11.9. The summed E-state index contributed by atoms with van der Waals surface area (Å²) in [6, 6.07) is 1.10.